The monoisotopic (exact) mass is 312 g/mol. The van der Waals surface area contributed by atoms with E-state index < -0.39 is 0 Å². The molecule has 7 nitrogen and oxygen atoms in total. The summed E-state index contributed by atoms with van der Waals surface area (Å²) in [6, 6.07) is 14.8. The van der Waals surface area contributed by atoms with E-state index in [1.807, 2.05) is 76.7 Å². The number of rotatable bonds is 6. The van der Waals surface area contributed by atoms with E-state index in [4.69, 9.17) is 4.74 Å². The molecule has 0 N–H and O–H groups in total. The van der Waals surface area contributed by atoms with E-state index in [-0.39, 0.29) is 0 Å². The van der Waals surface area contributed by atoms with Crippen LogP contribution in [-0.2, 0) is 0 Å². The first-order chi connectivity index (χ1) is 11.0. The van der Waals surface area contributed by atoms with Gasteiger partial charge in [0.15, 0.2) is 0 Å². The highest BCUT2D eigenvalue weighted by molar-refractivity contribution is 5.44. The van der Waals surface area contributed by atoms with Gasteiger partial charge in [-0.15, -0.1) is 10.2 Å². The second-order valence-corrected chi connectivity index (χ2v) is 5.16. The molecule has 0 unspecified atom stereocenters. The lowest BCUT2D eigenvalue weighted by Gasteiger charge is -2.06. The van der Waals surface area contributed by atoms with Crippen molar-refractivity contribution >= 4 is 11.4 Å². The number of ether oxygens (including phenoxy) is 1. The summed E-state index contributed by atoms with van der Waals surface area (Å²) in [5.74, 6) is 1.47. The lowest BCUT2D eigenvalue weighted by atomic mass is 10.3. The zero-order valence-corrected chi connectivity index (χ0v) is 13.7. The molecule has 0 aliphatic heterocycles. The molecule has 2 aromatic carbocycles. The van der Waals surface area contributed by atoms with Gasteiger partial charge in [-0.3, -0.25) is 10.0 Å². The average molecular weight is 312 g/mol. The fourth-order valence-corrected chi connectivity index (χ4v) is 1.58. The second kappa shape index (κ2) is 7.88. The molecule has 0 atom stereocenters. The Bertz CT molecular complexity index is 602. The van der Waals surface area contributed by atoms with Gasteiger partial charge in [-0.05, 0) is 48.5 Å². The normalized spacial score (nSPS) is 11.1. The molecule has 0 amide bonds. The Labute approximate surface area is 135 Å². The molecule has 0 saturated heterocycles. The summed E-state index contributed by atoms with van der Waals surface area (Å²) in [4.78, 5) is 0. The maximum atomic E-state index is 5.77. The predicted molar refractivity (Wildman–Crippen MR) is 89.4 cm³/mol. The highest BCUT2D eigenvalue weighted by Gasteiger charge is 1.99. The van der Waals surface area contributed by atoms with Crippen molar-refractivity contribution in [3.05, 3.63) is 48.5 Å². The summed E-state index contributed by atoms with van der Waals surface area (Å²) in [7, 11) is 7.29. The van der Waals surface area contributed by atoms with Gasteiger partial charge in [-0.25, -0.2) is 0 Å². The molecule has 0 spiro atoms. The molecule has 23 heavy (non-hydrogen) atoms. The van der Waals surface area contributed by atoms with Crippen molar-refractivity contribution in [1.82, 2.24) is 10.0 Å². The van der Waals surface area contributed by atoms with Crippen LogP contribution in [0.15, 0.2) is 69.2 Å². The van der Waals surface area contributed by atoms with Crippen LogP contribution in [0.25, 0.3) is 0 Å². The zero-order valence-electron chi connectivity index (χ0n) is 13.7. The van der Waals surface area contributed by atoms with Crippen molar-refractivity contribution in [2.24, 2.45) is 20.7 Å². The molecule has 0 fully saturated rings. The summed E-state index contributed by atoms with van der Waals surface area (Å²) < 4.78 is 5.77. The average Bonchev–Trinajstić information content (AvgIpc) is 2.53. The van der Waals surface area contributed by atoms with E-state index in [0.717, 1.165) is 22.9 Å². The van der Waals surface area contributed by atoms with Crippen molar-refractivity contribution in [2.75, 3.05) is 28.2 Å². The number of hydrogen-bond acceptors (Lipinski definition) is 5. The molecular weight excluding hydrogens is 292 g/mol. The van der Waals surface area contributed by atoms with Crippen LogP contribution < -0.4 is 4.74 Å². The molecule has 7 heteroatoms. The Morgan fingerprint density at radius 3 is 1.26 bits per heavy atom. The summed E-state index contributed by atoms with van der Waals surface area (Å²) in [5, 5.41) is 19.3. The van der Waals surface area contributed by atoms with Gasteiger partial charge in [0.1, 0.15) is 11.5 Å². The Hall–Kier alpha value is -2.96. The van der Waals surface area contributed by atoms with Crippen molar-refractivity contribution in [3.8, 4) is 11.5 Å². The van der Waals surface area contributed by atoms with Gasteiger partial charge in [0.05, 0.1) is 11.4 Å². The van der Waals surface area contributed by atoms with Crippen molar-refractivity contribution in [2.45, 2.75) is 0 Å². The maximum Gasteiger partial charge on any atom is 0.127 e. The lowest BCUT2D eigenvalue weighted by molar-refractivity contribution is 0.408. The van der Waals surface area contributed by atoms with Gasteiger partial charge < -0.3 is 4.74 Å². The van der Waals surface area contributed by atoms with E-state index in [2.05, 4.69) is 20.7 Å². The fraction of sp³-hybridized carbons (Fsp3) is 0.250. The van der Waals surface area contributed by atoms with Crippen LogP contribution in [0.2, 0.25) is 0 Å². The second-order valence-electron chi connectivity index (χ2n) is 5.16. The van der Waals surface area contributed by atoms with Crippen LogP contribution in [0.1, 0.15) is 0 Å². The SMILES string of the molecule is CN(C)N=Nc1ccc(Oc2ccc(N=NN(C)C)cc2)cc1. The van der Waals surface area contributed by atoms with E-state index in [9.17, 15) is 0 Å². The number of nitrogens with zero attached hydrogens (tertiary/aromatic N) is 6. The molecule has 0 radical (unpaired) electrons. The highest BCUT2D eigenvalue weighted by Crippen LogP contribution is 2.26. The largest absolute Gasteiger partial charge is 0.457 e. The first-order valence-corrected chi connectivity index (χ1v) is 7.09. The van der Waals surface area contributed by atoms with Gasteiger partial charge in [-0.2, -0.15) is 0 Å². The quantitative estimate of drug-likeness (QED) is 0.578. The van der Waals surface area contributed by atoms with Crippen LogP contribution in [-0.4, -0.2) is 38.2 Å². The predicted octanol–water partition coefficient (Wildman–Crippen LogP) is 4.60. The maximum absolute atomic E-state index is 5.77. The van der Waals surface area contributed by atoms with Crippen LogP contribution in [0.5, 0.6) is 11.5 Å². The van der Waals surface area contributed by atoms with Gasteiger partial charge in [0, 0.05) is 28.2 Å². The summed E-state index contributed by atoms with van der Waals surface area (Å²) >= 11 is 0. The van der Waals surface area contributed by atoms with Crippen molar-refractivity contribution in [1.29, 1.82) is 0 Å². The Kier molecular flexibility index (Phi) is 5.62. The standard InChI is InChI=1S/C16H20N6O/c1-21(2)19-17-13-5-9-15(10-6-13)23-16-11-7-14(8-12-16)18-20-22(3)4/h5-12H,1-4H3. The minimum Gasteiger partial charge on any atom is -0.457 e. The van der Waals surface area contributed by atoms with Crippen molar-refractivity contribution < 1.29 is 4.74 Å². The third-order valence-corrected chi connectivity index (χ3v) is 2.59. The zero-order chi connectivity index (χ0) is 16.7. The summed E-state index contributed by atoms with van der Waals surface area (Å²) in [6.45, 7) is 0. The Balaban J connectivity index is 1.99. The smallest absolute Gasteiger partial charge is 0.127 e. The molecule has 0 bridgehead atoms. The Morgan fingerprint density at radius 1 is 0.609 bits per heavy atom. The van der Waals surface area contributed by atoms with Crippen LogP contribution in [0.3, 0.4) is 0 Å². The first-order valence-electron chi connectivity index (χ1n) is 7.09. The minimum absolute atomic E-state index is 0.733. The van der Waals surface area contributed by atoms with E-state index in [0.29, 0.717) is 0 Å². The lowest BCUT2D eigenvalue weighted by Crippen LogP contribution is -1.98. The van der Waals surface area contributed by atoms with E-state index >= 15 is 0 Å². The third kappa shape index (κ3) is 5.74. The topological polar surface area (TPSA) is 65.1 Å². The van der Waals surface area contributed by atoms with E-state index in [1.165, 1.54) is 0 Å². The first kappa shape index (κ1) is 16.4. The van der Waals surface area contributed by atoms with E-state index in [1.54, 1.807) is 10.0 Å². The molecular formula is C16H20N6O. The summed E-state index contributed by atoms with van der Waals surface area (Å²) in [5.41, 5.74) is 1.54. The minimum atomic E-state index is 0.733. The van der Waals surface area contributed by atoms with Gasteiger partial charge in [0.2, 0.25) is 0 Å². The van der Waals surface area contributed by atoms with Gasteiger partial charge in [-0.1, -0.05) is 10.4 Å². The molecule has 2 aromatic rings. The van der Waals surface area contributed by atoms with Crippen LogP contribution in [0, 0.1) is 0 Å². The Morgan fingerprint density at radius 2 is 0.957 bits per heavy atom. The molecule has 120 valence electrons. The van der Waals surface area contributed by atoms with Crippen LogP contribution >= 0.6 is 0 Å². The third-order valence-electron chi connectivity index (χ3n) is 2.59. The van der Waals surface area contributed by atoms with Gasteiger partial charge in [0.25, 0.3) is 0 Å². The molecule has 0 aliphatic carbocycles. The molecule has 0 heterocycles. The number of benzene rings is 2. The molecule has 0 aromatic heterocycles. The van der Waals surface area contributed by atoms with Gasteiger partial charge >= 0.3 is 0 Å². The van der Waals surface area contributed by atoms with Crippen molar-refractivity contribution in [3.63, 3.8) is 0 Å². The molecule has 0 saturated carbocycles. The fourth-order valence-electron chi connectivity index (χ4n) is 1.58. The highest BCUT2D eigenvalue weighted by atomic mass is 16.5. The summed E-state index contributed by atoms with van der Waals surface area (Å²) in [6.07, 6.45) is 0. The van der Waals surface area contributed by atoms with Crippen LogP contribution in [0.4, 0.5) is 11.4 Å². The molecule has 0 aliphatic rings. The molecule has 2 rings (SSSR count). The number of hydrogen-bond donors (Lipinski definition) is 0.